The van der Waals surface area contributed by atoms with Gasteiger partial charge in [0.15, 0.2) is 0 Å². The molecule has 7 heteroatoms. The summed E-state index contributed by atoms with van der Waals surface area (Å²) in [6, 6.07) is -0.0249. The molecule has 1 aromatic heterocycles. The Balaban J connectivity index is 1.85. The first-order chi connectivity index (χ1) is 10.9. The zero-order valence-corrected chi connectivity index (χ0v) is 14.9. The Bertz CT molecular complexity index is 545. The number of amides is 2. The number of hydrogen-bond donors (Lipinski definition) is 2. The molecule has 1 aliphatic rings. The number of nitrogens with two attached hydrogens (primary N) is 1. The quantitative estimate of drug-likeness (QED) is 0.823. The third-order valence-corrected chi connectivity index (χ3v) is 5.63. The molecule has 128 valence electrons. The molecule has 0 bridgehead atoms. The largest absolute Gasteiger partial charge is 0.369 e. The molecule has 1 aliphatic heterocycles. The zero-order chi connectivity index (χ0) is 17.0. The van der Waals surface area contributed by atoms with Crippen LogP contribution < -0.4 is 11.1 Å². The Morgan fingerprint density at radius 1 is 1.39 bits per heavy atom. The number of piperidine rings is 1. The van der Waals surface area contributed by atoms with E-state index in [1.807, 2.05) is 13.8 Å². The third-order valence-electron chi connectivity index (χ3n) is 4.44. The first-order valence-corrected chi connectivity index (χ1v) is 8.97. The van der Waals surface area contributed by atoms with E-state index in [1.165, 1.54) is 4.88 Å². The van der Waals surface area contributed by atoms with Gasteiger partial charge in [-0.2, -0.15) is 0 Å². The second kappa shape index (κ2) is 7.88. The van der Waals surface area contributed by atoms with E-state index in [-0.39, 0.29) is 23.8 Å². The second-order valence-corrected chi connectivity index (χ2v) is 7.41. The molecule has 1 fully saturated rings. The van der Waals surface area contributed by atoms with E-state index in [0.717, 1.165) is 43.1 Å². The van der Waals surface area contributed by atoms with Crippen LogP contribution in [0.3, 0.4) is 0 Å². The minimum absolute atomic E-state index is 0.0138. The summed E-state index contributed by atoms with van der Waals surface area (Å²) in [6.45, 7) is 7.95. The standard InChI is InChI=1S/C16H26N4O2S/c1-4-13(16-18-10(2)11(3)23-16)19-14(21)9-20-7-5-12(6-8-20)15(17)22/h12-13H,4-9H2,1-3H3,(H2,17,22)(H,19,21). The van der Waals surface area contributed by atoms with Crippen molar-refractivity contribution in [3.63, 3.8) is 0 Å². The number of carbonyl (C=O) groups is 2. The number of nitrogens with zero attached hydrogens (tertiary/aromatic N) is 2. The van der Waals surface area contributed by atoms with Crippen LogP contribution in [0.1, 0.15) is 47.8 Å². The molecule has 2 heterocycles. The predicted molar refractivity (Wildman–Crippen MR) is 91.1 cm³/mol. The molecule has 0 spiro atoms. The highest BCUT2D eigenvalue weighted by Crippen LogP contribution is 2.25. The molecule has 3 N–H and O–H groups in total. The number of hydrogen-bond acceptors (Lipinski definition) is 5. The molecule has 2 amide bonds. The van der Waals surface area contributed by atoms with Gasteiger partial charge in [0.05, 0.1) is 18.3 Å². The normalized spacial score (nSPS) is 17.9. The van der Waals surface area contributed by atoms with E-state index in [9.17, 15) is 9.59 Å². The molecule has 0 saturated carbocycles. The van der Waals surface area contributed by atoms with E-state index in [1.54, 1.807) is 11.3 Å². The molecule has 1 aromatic rings. The average molecular weight is 338 g/mol. The van der Waals surface area contributed by atoms with Crippen LogP contribution in [0.5, 0.6) is 0 Å². The third kappa shape index (κ3) is 4.75. The molecule has 1 saturated heterocycles. The summed E-state index contributed by atoms with van der Waals surface area (Å²) in [7, 11) is 0. The van der Waals surface area contributed by atoms with Gasteiger partial charge in [0.1, 0.15) is 5.01 Å². The van der Waals surface area contributed by atoms with Gasteiger partial charge in [0.25, 0.3) is 0 Å². The number of thiazole rings is 1. The first kappa shape index (κ1) is 17.9. The van der Waals surface area contributed by atoms with Gasteiger partial charge in [-0.25, -0.2) is 4.98 Å². The Labute approximate surface area is 141 Å². The van der Waals surface area contributed by atoms with Crippen molar-refractivity contribution in [1.82, 2.24) is 15.2 Å². The zero-order valence-electron chi connectivity index (χ0n) is 14.1. The van der Waals surface area contributed by atoms with Gasteiger partial charge in [0, 0.05) is 10.8 Å². The van der Waals surface area contributed by atoms with Crippen molar-refractivity contribution < 1.29 is 9.59 Å². The Kier molecular flexibility index (Phi) is 6.12. The SMILES string of the molecule is CCC(NC(=O)CN1CCC(C(N)=O)CC1)c1nc(C)c(C)s1. The second-order valence-electron chi connectivity index (χ2n) is 6.17. The van der Waals surface area contributed by atoms with E-state index in [4.69, 9.17) is 5.73 Å². The lowest BCUT2D eigenvalue weighted by Gasteiger charge is -2.30. The molecule has 6 nitrogen and oxygen atoms in total. The smallest absolute Gasteiger partial charge is 0.234 e. The van der Waals surface area contributed by atoms with E-state index in [2.05, 4.69) is 22.1 Å². The Hall–Kier alpha value is -1.47. The summed E-state index contributed by atoms with van der Waals surface area (Å²) < 4.78 is 0. The molecule has 0 aliphatic carbocycles. The van der Waals surface area contributed by atoms with Gasteiger partial charge in [-0.3, -0.25) is 14.5 Å². The summed E-state index contributed by atoms with van der Waals surface area (Å²) in [5.41, 5.74) is 6.37. The number of nitrogens with one attached hydrogen (secondary N) is 1. The number of primary amides is 1. The van der Waals surface area contributed by atoms with Crippen LogP contribution in [0.25, 0.3) is 0 Å². The van der Waals surface area contributed by atoms with Gasteiger partial charge in [-0.15, -0.1) is 11.3 Å². The monoisotopic (exact) mass is 338 g/mol. The predicted octanol–water partition coefficient (Wildman–Crippen LogP) is 1.52. The molecule has 1 atom stereocenters. The van der Waals surface area contributed by atoms with Crippen molar-refractivity contribution in [2.45, 2.75) is 46.1 Å². The fourth-order valence-corrected chi connectivity index (χ4v) is 3.86. The lowest BCUT2D eigenvalue weighted by atomic mass is 9.96. The lowest BCUT2D eigenvalue weighted by Crippen LogP contribution is -2.44. The first-order valence-electron chi connectivity index (χ1n) is 8.15. The maximum atomic E-state index is 12.3. The van der Waals surface area contributed by atoms with Crippen molar-refractivity contribution in [3.8, 4) is 0 Å². The van der Waals surface area contributed by atoms with Crippen molar-refractivity contribution in [1.29, 1.82) is 0 Å². The van der Waals surface area contributed by atoms with Crippen LogP contribution in [-0.4, -0.2) is 41.3 Å². The molecular formula is C16H26N4O2S. The summed E-state index contributed by atoms with van der Waals surface area (Å²) in [4.78, 5) is 31.3. The molecule has 23 heavy (non-hydrogen) atoms. The maximum Gasteiger partial charge on any atom is 0.234 e. The fourth-order valence-electron chi connectivity index (χ4n) is 2.80. The molecule has 0 radical (unpaired) electrons. The maximum absolute atomic E-state index is 12.3. The highest BCUT2D eigenvalue weighted by atomic mass is 32.1. The highest BCUT2D eigenvalue weighted by Gasteiger charge is 2.25. The van der Waals surface area contributed by atoms with E-state index >= 15 is 0 Å². The summed E-state index contributed by atoms with van der Waals surface area (Å²) >= 11 is 1.65. The summed E-state index contributed by atoms with van der Waals surface area (Å²) in [5.74, 6) is -0.256. The molecule has 0 aromatic carbocycles. The van der Waals surface area contributed by atoms with E-state index < -0.39 is 0 Å². The Morgan fingerprint density at radius 2 is 2.04 bits per heavy atom. The number of aromatic nitrogens is 1. The van der Waals surface area contributed by atoms with Gasteiger partial charge in [-0.05, 0) is 46.2 Å². The number of rotatable bonds is 6. The van der Waals surface area contributed by atoms with Crippen molar-refractivity contribution in [2.75, 3.05) is 19.6 Å². The summed E-state index contributed by atoms with van der Waals surface area (Å²) in [5, 5.41) is 4.06. The molecule has 2 rings (SSSR count). The fraction of sp³-hybridized carbons (Fsp3) is 0.688. The highest BCUT2D eigenvalue weighted by molar-refractivity contribution is 7.11. The van der Waals surface area contributed by atoms with Crippen molar-refractivity contribution in [2.24, 2.45) is 11.7 Å². The number of carbonyl (C=O) groups excluding carboxylic acids is 2. The van der Waals surface area contributed by atoms with Crippen LogP contribution >= 0.6 is 11.3 Å². The van der Waals surface area contributed by atoms with Crippen molar-refractivity contribution >= 4 is 23.2 Å². The average Bonchev–Trinajstić information content (AvgIpc) is 2.84. The van der Waals surface area contributed by atoms with Crippen LogP contribution in [0.4, 0.5) is 0 Å². The van der Waals surface area contributed by atoms with Gasteiger partial charge < -0.3 is 11.1 Å². The van der Waals surface area contributed by atoms with Crippen molar-refractivity contribution in [3.05, 3.63) is 15.6 Å². The van der Waals surface area contributed by atoms with E-state index in [0.29, 0.717) is 6.54 Å². The van der Waals surface area contributed by atoms with Gasteiger partial charge >= 0.3 is 0 Å². The van der Waals surface area contributed by atoms with Crippen LogP contribution in [-0.2, 0) is 9.59 Å². The van der Waals surface area contributed by atoms with Gasteiger partial charge in [-0.1, -0.05) is 6.92 Å². The van der Waals surface area contributed by atoms with Crippen LogP contribution in [0, 0.1) is 19.8 Å². The summed E-state index contributed by atoms with van der Waals surface area (Å²) in [6.07, 6.45) is 2.30. The van der Waals surface area contributed by atoms with Gasteiger partial charge in [0.2, 0.25) is 11.8 Å². The van der Waals surface area contributed by atoms with Crippen LogP contribution in [0.2, 0.25) is 0 Å². The lowest BCUT2D eigenvalue weighted by molar-refractivity contribution is -0.124. The Morgan fingerprint density at radius 3 is 2.52 bits per heavy atom. The number of likely N-dealkylation sites (tertiary alicyclic amines) is 1. The number of aryl methyl sites for hydroxylation is 2. The van der Waals surface area contributed by atoms with Crippen LogP contribution in [0.15, 0.2) is 0 Å². The minimum Gasteiger partial charge on any atom is -0.369 e. The molecular weight excluding hydrogens is 312 g/mol. The minimum atomic E-state index is -0.227. The topological polar surface area (TPSA) is 88.3 Å². The molecule has 1 unspecified atom stereocenters.